The van der Waals surface area contributed by atoms with E-state index in [-0.39, 0.29) is 0 Å². The second kappa shape index (κ2) is 8.64. The van der Waals surface area contributed by atoms with E-state index in [2.05, 4.69) is 39.4 Å². The van der Waals surface area contributed by atoms with Crippen LogP contribution in [-0.2, 0) is 0 Å². The minimum absolute atomic E-state index is 0.406. The maximum absolute atomic E-state index is 5.56. The molecule has 0 saturated heterocycles. The molecule has 0 unspecified atom stereocenters. The Kier molecular flexibility index (Phi) is 6.50. The van der Waals surface area contributed by atoms with E-state index < -0.39 is 0 Å². The molecule has 0 bridgehead atoms. The third-order valence-electron chi connectivity index (χ3n) is 3.52. The van der Waals surface area contributed by atoms with E-state index in [9.17, 15) is 0 Å². The highest BCUT2D eigenvalue weighted by atomic mass is 16.5. The van der Waals surface area contributed by atoms with E-state index in [1.165, 1.54) is 32.1 Å². The van der Waals surface area contributed by atoms with Crippen molar-refractivity contribution in [3.8, 4) is 6.01 Å². The lowest BCUT2D eigenvalue weighted by Gasteiger charge is -2.22. The number of ether oxygens (including phenoxy) is 1. The van der Waals surface area contributed by atoms with Crippen molar-refractivity contribution in [3.05, 3.63) is 0 Å². The molecule has 1 fully saturated rings. The number of anilines is 2. The zero-order valence-corrected chi connectivity index (χ0v) is 13.2. The van der Waals surface area contributed by atoms with Crippen LogP contribution < -0.4 is 15.4 Å². The van der Waals surface area contributed by atoms with E-state index >= 15 is 0 Å². The zero-order chi connectivity index (χ0) is 14.9. The number of aromatic nitrogens is 3. The molecule has 1 aliphatic carbocycles. The van der Waals surface area contributed by atoms with Gasteiger partial charge in [-0.15, -0.1) is 0 Å². The Hall–Kier alpha value is -1.59. The van der Waals surface area contributed by atoms with E-state index in [1.807, 2.05) is 0 Å². The summed E-state index contributed by atoms with van der Waals surface area (Å²) in [4.78, 5) is 13.1. The zero-order valence-electron chi connectivity index (χ0n) is 13.2. The Morgan fingerprint density at radius 3 is 2.48 bits per heavy atom. The van der Waals surface area contributed by atoms with Crippen LogP contribution in [0, 0.1) is 0 Å². The monoisotopic (exact) mass is 293 g/mol. The number of nitrogens with zero attached hydrogens (tertiary/aromatic N) is 3. The Bertz CT molecular complexity index is 394. The van der Waals surface area contributed by atoms with Gasteiger partial charge in [-0.25, -0.2) is 0 Å². The van der Waals surface area contributed by atoms with Crippen LogP contribution in [0.25, 0.3) is 0 Å². The van der Waals surface area contributed by atoms with E-state index in [0.29, 0.717) is 30.6 Å². The van der Waals surface area contributed by atoms with Crippen molar-refractivity contribution in [1.29, 1.82) is 0 Å². The molecule has 1 aliphatic rings. The van der Waals surface area contributed by atoms with Gasteiger partial charge in [0.25, 0.3) is 0 Å². The molecule has 6 heteroatoms. The van der Waals surface area contributed by atoms with Gasteiger partial charge in [-0.3, -0.25) is 0 Å². The third kappa shape index (κ3) is 5.36. The van der Waals surface area contributed by atoms with E-state index in [1.54, 1.807) is 0 Å². The minimum Gasteiger partial charge on any atom is -0.463 e. The summed E-state index contributed by atoms with van der Waals surface area (Å²) in [5.74, 6) is 1.22. The number of nitrogens with one attached hydrogen (secondary N) is 2. The van der Waals surface area contributed by atoms with Gasteiger partial charge in [-0.1, -0.05) is 33.1 Å². The Morgan fingerprint density at radius 2 is 1.76 bits per heavy atom. The molecule has 0 amide bonds. The molecular weight excluding hydrogens is 266 g/mol. The van der Waals surface area contributed by atoms with Gasteiger partial charge in [-0.2, -0.15) is 15.0 Å². The van der Waals surface area contributed by atoms with Gasteiger partial charge in [0.1, 0.15) is 0 Å². The van der Waals surface area contributed by atoms with Crippen LogP contribution in [-0.4, -0.2) is 34.1 Å². The van der Waals surface area contributed by atoms with Crippen LogP contribution in [0.2, 0.25) is 0 Å². The summed E-state index contributed by atoms with van der Waals surface area (Å²) in [6, 6.07) is 0.878. The molecule has 0 radical (unpaired) electrons. The van der Waals surface area contributed by atoms with Crippen molar-refractivity contribution < 1.29 is 4.74 Å². The van der Waals surface area contributed by atoms with Gasteiger partial charge in [0.05, 0.1) is 6.61 Å². The topological polar surface area (TPSA) is 72.0 Å². The smallest absolute Gasteiger partial charge is 0.323 e. The number of hydrogen-bond donors (Lipinski definition) is 2. The fourth-order valence-electron chi connectivity index (χ4n) is 2.42. The molecule has 1 saturated carbocycles. The molecule has 6 nitrogen and oxygen atoms in total. The van der Waals surface area contributed by atoms with Crippen molar-refractivity contribution in [3.63, 3.8) is 0 Å². The van der Waals surface area contributed by atoms with Crippen LogP contribution >= 0.6 is 0 Å². The van der Waals surface area contributed by atoms with Crippen molar-refractivity contribution >= 4 is 11.9 Å². The maximum Gasteiger partial charge on any atom is 0.323 e. The fourth-order valence-corrected chi connectivity index (χ4v) is 2.42. The predicted octanol–water partition coefficient (Wildman–Crippen LogP) is 3.23. The lowest BCUT2D eigenvalue weighted by Crippen LogP contribution is -2.24. The largest absolute Gasteiger partial charge is 0.463 e. The average molecular weight is 293 g/mol. The highest BCUT2D eigenvalue weighted by molar-refractivity contribution is 5.36. The van der Waals surface area contributed by atoms with Crippen molar-refractivity contribution in [2.45, 2.75) is 64.8 Å². The molecule has 0 spiro atoms. The van der Waals surface area contributed by atoms with Crippen LogP contribution in [0.4, 0.5) is 11.9 Å². The maximum atomic E-state index is 5.56. The van der Waals surface area contributed by atoms with Gasteiger partial charge in [0, 0.05) is 12.6 Å². The fraction of sp³-hybridized carbons (Fsp3) is 0.800. The molecule has 0 aromatic carbocycles. The molecule has 0 atom stereocenters. The summed E-state index contributed by atoms with van der Waals surface area (Å²) < 4.78 is 5.56. The quantitative estimate of drug-likeness (QED) is 0.766. The second-order valence-corrected chi connectivity index (χ2v) is 5.52. The number of rotatable bonds is 8. The van der Waals surface area contributed by atoms with Crippen molar-refractivity contribution in [2.24, 2.45) is 0 Å². The first-order valence-corrected chi connectivity index (χ1v) is 8.21. The standard InChI is InChI=1S/C15H27N5O/c1-3-10-16-13-18-14(17-12-8-6-5-7-9-12)20-15(19-13)21-11-4-2/h12H,3-11H2,1-2H3,(H2,16,17,18,19,20). The Morgan fingerprint density at radius 1 is 1.00 bits per heavy atom. The lowest BCUT2D eigenvalue weighted by molar-refractivity contribution is 0.292. The highest BCUT2D eigenvalue weighted by Gasteiger charge is 2.15. The molecule has 21 heavy (non-hydrogen) atoms. The summed E-state index contributed by atoms with van der Waals surface area (Å²) in [6.07, 6.45) is 8.25. The van der Waals surface area contributed by atoms with Crippen molar-refractivity contribution in [2.75, 3.05) is 23.8 Å². The van der Waals surface area contributed by atoms with Crippen molar-refractivity contribution in [1.82, 2.24) is 15.0 Å². The SMILES string of the molecule is CCCNc1nc(NC2CCCCC2)nc(OCCC)n1. The molecular formula is C15H27N5O. The van der Waals surface area contributed by atoms with Crippen LogP contribution in [0.1, 0.15) is 58.8 Å². The van der Waals surface area contributed by atoms with Crippen LogP contribution in [0.15, 0.2) is 0 Å². The first-order chi connectivity index (χ1) is 10.3. The summed E-state index contributed by atoms with van der Waals surface area (Å²) in [5.41, 5.74) is 0. The average Bonchev–Trinajstić information content (AvgIpc) is 2.52. The first-order valence-electron chi connectivity index (χ1n) is 8.21. The predicted molar refractivity (Wildman–Crippen MR) is 84.9 cm³/mol. The normalized spacial score (nSPS) is 15.7. The van der Waals surface area contributed by atoms with Gasteiger partial charge < -0.3 is 15.4 Å². The molecule has 2 rings (SSSR count). The highest BCUT2D eigenvalue weighted by Crippen LogP contribution is 2.21. The summed E-state index contributed by atoms with van der Waals surface area (Å²) in [7, 11) is 0. The van der Waals surface area contributed by atoms with Gasteiger partial charge >= 0.3 is 6.01 Å². The van der Waals surface area contributed by atoms with E-state index in [0.717, 1.165) is 19.4 Å². The van der Waals surface area contributed by atoms with Gasteiger partial charge in [0.15, 0.2) is 0 Å². The third-order valence-corrected chi connectivity index (χ3v) is 3.52. The van der Waals surface area contributed by atoms with E-state index in [4.69, 9.17) is 4.74 Å². The number of hydrogen-bond acceptors (Lipinski definition) is 6. The van der Waals surface area contributed by atoms with Crippen LogP contribution in [0.3, 0.4) is 0 Å². The minimum atomic E-state index is 0.406. The molecule has 1 aromatic heterocycles. The summed E-state index contributed by atoms with van der Waals surface area (Å²) >= 11 is 0. The molecule has 0 aliphatic heterocycles. The Balaban J connectivity index is 2.05. The van der Waals surface area contributed by atoms with Gasteiger partial charge in [0.2, 0.25) is 11.9 Å². The molecule has 118 valence electrons. The lowest BCUT2D eigenvalue weighted by atomic mass is 9.96. The molecule has 2 N–H and O–H groups in total. The molecule has 1 heterocycles. The second-order valence-electron chi connectivity index (χ2n) is 5.52. The first kappa shape index (κ1) is 15.8. The van der Waals surface area contributed by atoms with Gasteiger partial charge in [-0.05, 0) is 25.7 Å². The molecule has 1 aromatic rings. The summed E-state index contributed by atoms with van der Waals surface area (Å²) in [5, 5.41) is 6.64. The summed E-state index contributed by atoms with van der Waals surface area (Å²) in [6.45, 7) is 5.66. The van der Waals surface area contributed by atoms with Crippen LogP contribution in [0.5, 0.6) is 6.01 Å². The Labute approximate surface area is 127 Å².